The van der Waals surface area contributed by atoms with E-state index in [2.05, 4.69) is 10.1 Å². The Kier molecular flexibility index (Phi) is 3.61. The molecule has 0 radical (unpaired) electrons. The van der Waals surface area contributed by atoms with E-state index in [9.17, 15) is 4.79 Å². The summed E-state index contributed by atoms with van der Waals surface area (Å²) in [6, 6.07) is 10.3. The lowest BCUT2D eigenvalue weighted by molar-refractivity contribution is 0.0698. The highest BCUT2D eigenvalue weighted by atomic mass is 16.5. The van der Waals surface area contributed by atoms with Gasteiger partial charge in [0.25, 0.3) is 0 Å². The molecule has 2 aromatic heterocycles. The van der Waals surface area contributed by atoms with Crippen LogP contribution in [0.15, 0.2) is 42.6 Å². The molecule has 0 unspecified atom stereocenters. The van der Waals surface area contributed by atoms with Gasteiger partial charge in [-0.2, -0.15) is 0 Å². The molecule has 0 fully saturated rings. The second-order valence-corrected chi connectivity index (χ2v) is 4.46. The number of rotatable bonds is 5. The molecule has 1 N–H and O–H groups in total. The van der Waals surface area contributed by atoms with Crippen LogP contribution >= 0.6 is 0 Å². The van der Waals surface area contributed by atoms with Crippen molar-refractivity contribution in [1.29, 1.82) is 0 Å². The number of carboxylic acids is 1. The minimum absolute atomic E-state index is 0.0959. The van der Waals surface area contributed by atoms with E-state index in [1.54, 1.807) is 31.5 Å². The zero-order valence-electron chi connectivity index (χ0n) is 11.8. The van der Waals surface area contributed by atoms with Crippen LogP contribution in [-0.2, 0) is 6.61 Å². The Morgan fingerprint density at radius 2 is 2.00 bits per heavy atom. The highest BCUT2D eigenvalue weighted by Crippen LogP contribution is 2.26. The van der Waals surface area contributed by atoms with Crippen LogP contribution in [0.4, 0.5) is 0 Å². The number of pyridine rings is 1. The number of nitrogens with zero attached hydrogens (tertiary/aromatic N) is 3. The number of hydrogen-bond donors (Lipinski definition) is 1. The van der Waals surface area contributed by atoms with Crippen molar-refractivity contribution in [3.63, 3.8) is 0 Å². The van der Waals surface area contributed by atoms with Crippen LogP contribution in [0.25, 0.3) is 5.65 Å². The van der Waals surface area contributed by atoms with Crippen molar-refractivity contribution >= 4 is 11.6 Å². The van der Waals surface area contributed by atoms with Crippen molar-refractivity contribution in [3.8, 4) is 11.5 Å². The van der Waals surface area contributed by atoms with Gasteiger partial charge in [0.05, 0.1) is 7.11 Å². The summed E-state index contributed by atoms with van der Waals surface area (Å²) in [6.45, 7) is 0.112. The van der Waals surface area contributed by atoms with Crippen LogP contribution in [-0.4, -0.2) is 32.8 Å². The van der Waals surface area contributed by atoms with Gasteiger partial charge in [-0.05, 0) is 24.3 Å². The van der Waals surface area contributed by atoms with Crippen LogP contribution < -0.4 is 9.47 Å². The maximum atomic E-state index is 11.2. The molecule has 0 amide bonds. The van der Waals surface area contributed by atoms with Gasteiger partial charge in [0, 0.05) is 6.20 Å². The summed E-state index contributed by atoms with van der Waals surface area (Å²) in [4.78, 5) is 15.4. The van der Waals surface area contributed by atoms with Crippen molar-refractivity contribution in [2.75, 3.05) is 7.11 Å². The number of carbonyl (C=O) groups is 1. The van der Waals surface area contributed by atoms with Crippen LogP contribution in [0.5, 0.6) is 11.5 Å². The Morgan fingerprint density at radius 1 is 1.23 bits per heavy atom. The lowest BCUT2D eigenvalue weighted by atomic mass is 10.3. The van der Waals surface area contributed by atoms with Gasteiger partial charge in [0.2, 0.25) is 0 Å². The maximum Gasteiger partial charge on any atom is 0.339 e. The van der Waals surface area contributed by atoms with E-state index < -0.39 is 5.97 Å². The molecule has 0 aliphatic heterocycles. The molecule has 0 aliphatic rings. The Hall–Kier alpha value is -3.09. The van der Waals surface area contributed by atoms with Crippen molar-refractivity contribution in [1.82, 2.24) is 14.6 Å². The Bertz CT molecular complexity index is 829. The van der Waals surface area contributed by atoms with E-state index in [0.717, 1.165) is 0 Å². The van der Waals surface area contributed by atoms with Gasteiger partial charge in [-0.25, -0.2) is 14.3 Å². The summed E-state index contributed by atoms with van der Waals surface area (Å²) in [5, 5.41) is 13.3. The number of carboxylic acid groups (broad SMARTS) is 1. The highest BCUT2D eigenvalue weighted by molar-refractivity contribution is 5.94. The molecule has 22 heavy (non-hydrogen) atoms. The molecule has 7 heteroatoms. The number of methoxy groups -OCH3 is 1. The Labute approximate surface area is 125 Å². The summed E-state index contributed by atoms with van der Waals surface area (Å²) in [5.41, 5.74) is 0.382. The molecular formula is C15H13N3O4. The standard InChI is InChI=1S/C15H13N3O4/c1-21-11-6-2-3-7-12(11)22-9-13-16-14-10(15(19)20)5-4-8-18(14)17-13/h2-8H,9H2,1H3,(H,19,20). The molecular weight excluding hydrogens is 286 g/mol. The van der Waals surface area contributed by atoms with Crippen molar-refractivity contribution in [3.05, 3.63) is 54.0 Å². The number of fused-ring (bicyclic) bond motifs is 1. The lowest BCUT2D eigenvalue weighted by Gasteiger charge is -2.08. The number of para-hydroxylation sites is 2. The van der Waals surface area contributed by atoms with Gasteiger partial charge in [-0.15, -0.1) is 5.10 Å². The first kappa shape index (κ1) is 13.9. The molecule has 1 aromatic carbocycles. The number of ether oxygens (including phenoxy) is 2. The van der Waals surface area contributed by atoms with Gasteiger partial charge >= 0.3 is 5.97 Å². The fourth-order valence-electron chi connectivity index (χ4n) is 2.06. The molecule has 7 nitrogen and oxygen atoms in total. The van der Waals surface area contributed by atoms with Gasteiger partial charge < -0.3 is 14.6 Å². The second-order valence-electron chi connectivity index (χ2n) is 4.46. The monoisotopic (exact) mass is 299 g/mol. The minimum Gasteiger partial charge on any atom is -0.493 e. The zero-order valence-corrected chi connectivity index (χ0v) is 11.8. The van der Waals surface area contributed by atoms with Gasteiger partial charge in [0.15, 0.2) is 23.0 Å². The van der Waals surface area contributed by atoms with Crippen molar-refractivity contribution in [2.24, 2.45) is 0 Å². The van der Waals surface area contributed by atoms with E-state index in [1.165, 1.54) is 10.6 Å². The van der Waals surface area contributed by atoms with Crippen molar-refractivity contribution in [2.45, 2.75) is 6.61 Å². The first-order valence-electron chi connectivity index (χ1n) is 6.52. The van der Waals surface area contributed by atoms with E-state index in [1.807, 2.05) is 12.1 Å². The summed E-state index contributed by atoms with van der Waals surface area (Å²) < 4.78 is 12.2. The molecule has 3 rings (SSSR count). The smallest absolute Gasteiger partial charge is 0.339 e. The molecule has 0 saturated carbocycles. The molecule has 0 aliphatic carbocycles. The largest absolute Gasteiger partial charge is 0.493 e. The fraction of sp³-hybridized carbons (Fsp3) is 0.133. The Morgan fingerprint density at radius 3 is 2.73 bits per heavy atom. The number of hydrogen-bond acceptors (Lipinski definition) is 5. The quantitative estimate of drug-likeness (QED) is 0.775. The van der Waals surface area contributed by atoms with Gasteiger partial charge in [-0.1, -0.05) is 12.1 Å². The third-order valence-electron chi connectivity index (χ3n) is 3.06. The van der Waals surface area contributed by atoms with Crippen LogP contribution in [0.1, 0.15) is 16.2 Å². The predicted molar refractivity (Wildman–Crippen MR) is 77.3 cm³/mol. The van der Waals surface area contributed by atoms with Gasteiger partial charge in [0.1, 0.15) is 12.2 Å². The summed E-state index contributed by atoms with van der Waals surface area (Å²) >= 11 is 0. The number of aromatic nitrogens is 3. The first-order valence-corrected chi connectivity index (χ1v) is 6.52. The topological polar surface area (TPSA) is 86.0 Å². The van der Waals surface area contributed by atoms with Crippen LogP contribution in [0.3, 0.4) is 0 Å². The maximum absolute atomic E-state index is 11.2. The average molecular weight is 299 g/mol. The highest BCUT2D eigenvalue weighted by Gasteiger charge is 2.13. The third kappa shape index (κ3) is 2.56. The third-order valence-corrected chi connectivity index (χ3v) is 3.06. The number of aromatic carboxylic acids is 1. The molecule has 3 aromatic rings. The van der Waals surface area contributed by atoms with Crippen LogP contribution in [0.2, 0.25) is 0 Å². The van der Waals surface area contributed by atoms with Crippen LogP contribution in [0, 0.1) is 0 Å². The predicted octanol–water partition coefficient (Wildman–Crippen LogP) is 2.02. The van der Waals surface area contributed by atoms with E-state index in [0.29, 0.717) is 17.3 Å². The molecule has 0 spiro atoms. The van der Waals surface area contributed by atoms with Gasteiger partial charge in [-0.3, -0.25) is 0 Å². The normalized spacial score (nSPS) is 10.6. The summed E-state index contributed by atoms with van der Waals surface area (Å²) in [6.07, 6.45) is 1.64. The SMILES string of the molecule is COc1ccccc1OCc1nc2c(C(=O)O)cccn2n1. The van der Waals surface area contributed by atoms with Crippen molar-refractivity contribution < 1.29 is 19.4 Å². The second kappa shape index (κ2) is 5.72. The van der Waals surface area contributed by atoms with E-state index >= 15 is 0 Å². The van der Waals surface area contributed by atoms with E-state index in [-0.39, 0.29) is 17.8 Å². The molecule has 112 valence electrons. The zero-order chi connectivity index (χ0) is 15.5. The lowest BCUT2D eigenvalue weighted by Crippen LogP contribution is -2.00. The molecule has 0 bridgehead atoms. The first-order chi connectivity index (χ1) is 10.7. The molecule has 0 saturated heterocycles. The average Bonchev–Trinajstić information content (AvgIpc) is 2.95. The van der Waals surface area contributed by atoms with E-state index in [4.69, 9.17) is 14.6 Å². The molecule has 2 heterocycles. The fourth-order valence-corrected chi connectivity index (χ4v) is 2.06. The minimum atomic E-state index is -1.05. The summed E-state index contributed by atoms with van der Waals surface area (Å²) in [7, 11) is 1.56. The molecule has 0 atom stereocenters. The number of benzene rings is 1. The summed E-state index contributed by atoms with van der Waals surface area (Å²) in [5.74, 6) is 0.523. The Balaban J connectivity index is 1.86.